The second-order valence-corrected chi connectivity index (χ2v) is 5.32. The van der Waals surface area contributed by atoms with Crippen LogP contribution in [0.2, 0.25) is 0 Å². The van der Waals surface area contributed by atoms with Crippen LogP contribution in [-0.4, -0.2) is 51.9 Å². The zero-order chi connectivity index (χ0) is 17.1. The summed E-state index contributed by atoms with van der Waals surface area (Å²) in [6.07, 6.45) is 2.70. The van der Waals surface area contributed by atoms with Crippen molar-refractivity contribution in [1.82, 2.24) is 14.9 Å². The van der Waals surface area contributed by atoms with E-state index in [0.717, 1.165) is 0 Å². The Hall–Kier alpha value is -3.23. The molecule has 0 spiro atoms. The molecule has 1 aliphatic heterocycles. The fraction of sp³-hybridized carbons (Fsp3) is 0.267. The van der Waals surface area contributed by atoms with Gasteiger partial charge in [0.05, 0.1) is 4.92 Å². The molecule has 3 rings (SSSR count). The molecule has 24 heavy (non-hydrogen) atoms. The number of carbonyl (C=O) groups excluding carboxylic acids is 1. The van der Waals surface area contributed by atoms with E-state index in [1.54, 1.807) is 17.0 Å². The van der Waals surface area contributed by atoms with E-state index in [9.17, 15) is 19.7 Å². The zero-order valence-electron chi connectivity index (χ0n) is 12.7. The lowest BCUT2D eigenvalue weighted by Crippen LogP contribution is -2.49. The van der Waals surface area contributed by atoms with E-state index in [4.69, 9.17) is 0 Å². The SMILES string of the molecule is O=C(c1ccc[nH]c1=O)N1CCN(c2ccc([N+](=O)[O-])cn2)CC1. The largest absolute Gasteiger partial charge is 0.353 e. The summed E-state index contributed by atoms with van der Waals surface area (Å²) in [4.78, 5) is 44.4. The van der Waals surface area contributed by atoms with E-state index in [1.165, 1.54) is 24.5 Å². The number of aromatic amines is 1. The summed E-state index contributed by atoms with van der Waals surface area (Å²) in [5.74, 6) is 0.332. The molecule has 0 aliphatic carbocycles. The fourth-order valence-corrected chi connectivity index (χ4v) is 2.57. The van der Waals surface area contributed by atoms with Gasteiger partial charge in [0.25, 0.3) is 17.2 Å². The topological polar surface area (TPSA) is 112 Å². The van der Waals surface area contributed by atoms with E-state index in [2.05, 4.69) is 9.97 Å². The molecule has 1 saturated heterocycles. The van der Waals surface area contributed by atoms with Crippen LogP contribution in [0.25, 0.3) is 0 Å². The van der Waals surface area contributed by atoms with Crippen molar-refractivity contribution in [3.05, 3.63) is 62.7 Å². The minimum atomic E-state index is -0.495. The number of amides is 1. The molecular weight excluding hydrogens is 314 g/mol. The molecule has 1 N–H and O–H groups in total. The third kappa shape index (κ3) is 3.09. The van der Waals surface area contributed by atoms with Crippen LogP contribution < -0.4 is 10.5 Å². The predicted molar refractivity (Wildman–Crippen MR) is 86.1 cm³/mol. The number of piperazine rings is 1. The fourth-order valence-electron chi connectivity index (χ4n) is 2.57. The van der Waals surface area contributed by atoms with Gasteiger partial charge in [0.15, 0.2) is 0 Å². The highest BCUT2D eigenvalue weighted by atomic mass is 16.6. The highest BCUT2D eigenvalue weighted by molar-refractivity contribution is 5.93. The first kappa shape index (κ1) is 15.7. The molecule has 2 aromatic heterocycles. The summed E-state index contributed by atoms with van der Waals surface area (Å²) in [5, 5.41) is 10.6. The number of nitrogens with zero attached hydrogens (tertiary/aromatic N) is 4. The molecule has 9 heteroatoms. The predicted octanol–water partition coefficient (Wildman–Crippen LogP) is 0.640. The second kappa shape index (κ2) is 6.49. The highest BCUT2D eigenvalue weighted by Crippen LogP contribution is 2.17. The molecule has 0 unspecified atom stereocenters. The van der Waals surface area contributed by atoms with Crippen molar-refractivity contribution in [3.63, 3.8) is 0 Å². The Bertz CT molecular complexity index is 809. The summed E-state index contributed by atoms with van der Waals surface area (Å²) in [7, 11) is 0. The van der Waals surface area contributed by atoms with E-state index in [-0.39, 0.29) is 17.2 Å². The molecule has 124 valence electrons. The van der Waals surface area contributed by atoms with Crippen LogP contribution in [0.4, 0.5) is 11.5 Å². The Balaban J connectivity index is 1.65. The minimum absolute atomic E-state index is 0.0594. The number of anilines is 1. The van der Waals surface area contributed by atoms with E-state index in [1.807, 2.05) is 4.90 Å². The summed E-state index contributed by atoms with van der Waals surface area (Å²) in [5.41, 5.74) is -0.336. The standard InChI is InChI=1S/C15H15N5O4/c21-14-12(2-1-5-16-14)15(22)19-8-6-18(7-9-19)13-4-3-11(10-17-13)20(23)24/h1-5,10H,6-9H2,(H,16,21). The van der Waals surface area contributed by atoms with E-state index < -0.39 is 10.5 Å². The maximum absolute atomic E-state index is 12.4. The second-order valence-electron chi connectivity index (χ2n) is 5.32. The Labute approximate surface area is 136 Å². The summed E-state index contributed by atoms with van der Waals surface area (Å²) < 4.78 is 0. The molecule has 9 nitrogen and oxygen atoms in total. The van der Waals surface area contributed by atoms with E-state index in [0.29, 0.717) is 32.0 Å². The van der Waals surface area contributed by atoms with Crippen molar-refractivity contribution >= 4 is 17.4 Å². The number of nitrogens with one attached hydrogen (secondary N) is 1. The van der Waals surface area contributed by atoms with Crippen LogP contribution in [0, 0.1) is 10.1 Å². The molecule has 0 radical (unpaired) electrons. The average molecular weight is 329 g/mol. The third-order valence-electron chi connectivity index (χ3n) is 3.88. The molecule has 1 fully saturated rings. The van der Waals surface area contributed by atoms with Crippen LogP contribution in [-0.2, 0) is 0 Å². The van der Waals surface area contributed by atoms with Crippen molar-refractivity contribution in [3.8, 4) is 0 Å². The van der Waals surface area contributed by atoms with Crippen LogP contribution >= 0.6 is 0 Å². The van der Waals surface area contributed by atoms with Crippen molar-refractivity contribution in [2.24, 2.45) is 0 Å². The zero-order valence-corrected chi connectivity index (χ0v) is 12.7. The van der Waals surface area contributed by atoms with Gasteiger partial charge in [0, 0.05) is 38.4 Å². The van der Waals surface area contributed by atoms with Crippen molar-refractivity contribution in [2.45, 2.75) is 0 Å². The lowest BCUT2D eigenvalue weighted by atomic mass is 10.2. The third-order valence-corrected chi connectivity index (χ3v) is 3.88. The first-order valence-electron chi connectivity index (χ1n) is 7.38. The van der Waals surface area contributed by atoms with Gasteiger partial charge in [-0.15, -0.1) is 0 Å². The average Bonchev–Trinajstić information content (AvgIpc) is 2.62. The lowest BCUT2D eigenvalue weighted by Gasteiger charge is -2.35. The van der Waals surface area contributed by atoms with Crippen molar-refractivity contribution in [2.75, 3.05) is 31.1 Å². The quantitative estimate of drug-likeness (QED) is 0.653. The first-order chi connectivity index (χ1) is 11.6. The summed E-state index contributed by atoms with van der Waals surface area (Å²) >= 11 is 0. The Kier molecular flexibility index (Phi) is 4.23. The molecule has 1 amide bonds. The first-order valence-corrected chi connectivity index (χ1v) is 7.38. The van der Waals surface area contributed by atoms with Gasteiger partial charge < -0.3 is 14.8 Å². The summed E-state index contributed by atoms with van der Waals surface area (Å²) in [6, 6.07) is 6.12. The normalized spacial score (nSPS) is 14.5. The van der Waals surface area contributed by atoms with Crippen molar-refractivity contribution in [1.29, 1.82) is 0 Å². The molecule has 3 heterocycles. The number of aromatic nitrogens is 2. The van der Waals surface area contributed by atoms with Crippen molar-refractivity contribution < 1.29 is 9.72 Å². The maximum Gasteiger partial charge on any atom is 0.287 e. The number of pyridine rings is 2. The summed E-state index contributed by atoms with van der Waals surface area (Å²) in [6.45, 7) is 1.99. The Morgan fingerprint density at radius 3 is 2.54 bits per heavy atom. The van der Waals surface area contributed by atoms with Gasteiger partial charge in [0.2, 0.25) is 0 Å². The number of carbonyl (C=O) groups is 1. The molecule has 1 aliphatic rings. The smallest absolute Gasteiger partial charge is 0.287 e. The number of nitro groups is 1. The molecular formula is C15H15N5O4. The molecule has 0 aromatic carbocycles. The number of rotatable bonds is 3. The van der Waals surface area contributed by atoms with Crippen LogP contribution in [0.15, 0.2) is 41.5 Å². The highest BCUT2D eigenvalue weighted by Gasteiger charge is 2.24. The van der Waals surface area contributed by atoms with E-state index >= 15 is 0 Å². The van der Waals surface area contributed by atoms with Gasteiger partial charge in [-0.25, -0.2) is 4.98 Å². The van der Waals surface area contributed by atoms with Gasteiger partial charge >= 0.3 is 0 Å². The molecule has 2 aromatic rings. The van der Waals surface area contributed by atoms with Gasteiger partial charge in [-0.1, -0.05) is 0 Å². The monoisotopic (exact) mass is 329 g/mol. The maximum atomic E-state index is 12.4. The lowest BCUT2D eigenvalue weighted by molar-refractivity contribution is -0.385. The minimum Gasteiger partial charge on any atom is -0.353 e. The molecule has 0 bridgehead atoms. The van der Waals surface area contributed by atoms with Gasteiger partial charge in [-0.05, 0) is 18.2 Å². The van der Waals surface area contributed by atoms with Crippen LogP contribution in [0.3, 0.4) is 0 Å². The number of hydrogen-bond donors (Lipinski definition) is 1. The Morgan fingerprint density at radius 1 is 1.21 bits per heavy atom. The van der Waals surface area contributed by atoms with Gasteiger partial charge in [0.1, 0.15) is 17.6 Å². The van der Waals surface area contributed by atoms with Crippen LogP contribution in [0.1, 0.15) is 10.4 Å². The Morgan fingerprint density at radius 2 is 1.96 bits per heavy atom. The van der Waals surface area contributed by atoms with Gasteiger partial charge in [-0.3, -0.25) is 19.7 Å². The number of hydrogen-bond acceptors (Lipinski definition) is 6. The van der Waals surface area contributed by atoms with Gasteiger partial charge in [-0.2, -0.15) is 0 Å². The molecule has 0 saturated carbocycles. The van der Waals surface area contributed by atoms with Crippen LogP contribution in [0.5, 0.6) is 0 Å². The molecule has 0 atom stereocenters. The number of H-pyrrole nitrogens is 1.